The molecule has 16 rings (SSSR count). The molecule has 1 fully saturated rings. The van der Waals surface area contributed by atoms with E-state index in [1.807, 2.05) is 11.3 Å². The van der Waals surface area contributed by atoms with Gasteiger partial charge in [-0.05, 0) is 229 Å². The summed E-state index contributed by atoms with van der Waals surface area (Å²) in [7, 11) is 0. The van der Waals surface area contributed by atoms with Crippen LogP contribution in [0.25, 0.3) is 20.2 Å². The van der Waals surface area contributed by atoms with E-state index in [-0.39, 0.29) is 55.6 Å². The Bertz CT molecular complexity index is 4790. The van der Waals surface area contributed by atoms with Crippen molar-refractivity contribution in [2.24, 2.45) is 0 Å². The zero-order chi connectivity index (χ0) is 67.6. The third-order valence-corrected chi connectivity index (χ3v) is 26.4. The van der Waals surface area contributed by atoms with Crippen LogP contribution in [0.15, 0.2) is 170 Å². The average molecular weight is 1280 g/mol. The molecular weight excluding hydrogens is 1180 g/mol. The Balaban J connectivity index is 1.06. The summed E-state index contributed by atoms with van der Waals surface area (Å²) in [4.78, 5) is 11.0. The molecule has 9 aromatic carbocycles. The number of rotatable bonds is 6. The minimum absolute atomic E-state index is 0.00631. The van der Waals surface area contributed by atoms with Gasteiger partial charge in [-0.3, -0.25) is 0 Å². The summed E-state index contributed by atoms with van der Waals surface area (Å²) in [6.45, 7) is 46.3. The summed E-state index contributed by atoms with van der Waals surface area (Å²) in [5, 5.41) is 2.61. The predicted octanol–water partition coefficient (Wildman–Crippen LogP) is 23.9. The largest absolute Gasteiger partial charge is 0.334 e. The SMILES string of the molecule is CC(C)(C)c1ccc(N(c2ccc(C(C)(C)C)cc2)c2cc3c4c(c2)N(c2cccc5c2sc2ccccc25)c2cc(N5c6ccc(C(C)(C)C)cc6C6(C)CCCCC56C)ccc2B4c2cc4c(cc2N3c2ccc3c(c2)C(C)(C)CCC3(C)C)C(C)(C)CCC4(C)C)cc1. The summed E-state index contributed by atoms with van der Waals surface area (Å²) in [5.74, 6) is 0. The standard InChI is InChI=1S/C90H101BN4S/c1-82(2,3)56-29-34-59(35-30-56)92(60-36-31-57(32-37-60)83(4,5)6)63-52-77-80-78(53-63)94(74-27-24-26-65-64-25-20-21-28-79(64)96-81(65)74)75-51-62(95-73-42-33-58(84(7,8)9)49-70(73)89(18)43-22-23-44-90(89,95)19)39-41-71(75)91(80)72-54-68-69(88(16,17)48-47-87(68,14)15)55-76(72)93(77)61-38-40-66-67(50-61)86(12,13)46-45-85(66,10)11/h20-21,24-42,49-55H,22-23,43-48H2,1-19H3. The van der Waals surface area contributed by atoms with Gasteiger partial charge in [-0.15, -0.1) is 11.3 Å². The van der Waals surface area contributed by atoms with Crippen molar-refractivity contribution in [3.8, 4) is 0 Å². The van der Waals surface area contributed by atoms with Crippen molar-refractivity contribution in [3.63, 3.8) is 0 Å². The minimum atomic E-state index is -0.152. The van der Waals surface area contributed by atoms with Gasteiger partial charge in [-0.1, -0.05) is 222 Å². The van der Waals surface area contributed by atoms with Gasteiger partial charge < -0.3 is 19.6 Å². The maximum Gasteiger partial charge on any atom is 0.252 e. The van der Waals surface area contributed by atoms with Crippen LogP contribution in [0, 0.1) is 0 Å². The number of hydrogen-bond acceptors (Lipinski definition) is 5. The number of fused-ring (bicyclic) bond motifs is 12. The topological polar surface area (TPSA) is 13.0 Å². The van der Waals surface area contributed by atoms with Crippen molar-refractivity contribution in [2.75, 3.05) is 19.6 Å². The van der Waals surface area contributed by atoms with E-state index >= 15 is 0 Å². The smallest absolute Gasteiger partial charge is 0.252 e. The van der Waals surface area contributed by atoms with Gasteiger partial charge in [0.1, 0.15) is 0 Å². The Morgan fingerprint density at radius 3 is 1.53 bits per heavy atom. The first-order valence-corrected chi connectivity index (χ1v) is 37.1. The van der Waals surface area contributed by atoms with Crippen molar-refractivity contribution >= 4 is 117 Å². The van der Waals surface area contributed by atoms with Crippen molar-refractivity contribution in [3.05, 3.63) is 214 Å². The molecule has 0 saturated heterocycles. The van der Waals surface area contributed by atoms with Crippen LogP contribution in [0.3, 0.4) is 0 Å². The molecule has 1 aromatic heterocycles. The zero-order valence-corrected chi connectivity index (χ0v) is 61.9. The van der Waals surface area contributed by atoms with Gasteiger partial charge >= 0.3 is 0 Å². The van der Waals surface area contributed by atoms with E-state index in [9.17, 15) is 0 Å². The highest BCUT2D eigenvalue weighted by atomic mass is 32.1. The third kappa shape index (κ3) is 9.45. The van der Waals surface area contributed by atoms with Crippen molar-refractivity contribution in [1.82, 2.24) is 0 Å². The fraction of sp³-hybridized carbons (Fsp3) is 0.400. The lowest BCUT2D eigenvalue weighted by atomic mass is 9.33. The van der Waals surface area contributed by atoms with E-state index in [4.69, 9.17) is 0 Å². The van der Waals surface area contributed by atoms with Gasteiger partial charge in [0, 0.05) is 72.1 Å². The van der Waals surface area contributed by atoms with E-state index in [0.717, 1.165) is 42.7 Å². The Hall–Kier alpha value is -7.54. The third-order valence-electron chi connectivity index (χ3n) is 25.2. The minimum Gasteiger partial charge on any atom is -0.334 e. The van der Waals surface area contributed by atoms with Gasteiger partial charge in [0.15, 0.2) is 0 Å². The lowest BCUT2D eigenvalue weighted by Crippen LogP contribution is -2.62. The highest BCUT2D eigenvalue weighted by Gasteiger charge is 2.58. The molecule has 4 heterocycles. The summed E-state index contributed by atoms with van der Waals surface area (Å²) in [5.41, 5.74) is 28.9. The molecule has 6 aliphatic rings. The molecule has 0 amide bonds. The van der Waals surface area contributed by atoms with Gasteiger partial charge in [0.05, 0.1) is 21.6 Å². The predicted molar refractivity (Wildman–Crippen MR) is 418 cm³/mol. The fourth-order valence-electron chi connectivity index (χ4n) is 18.7. The van der Waals surface area contributed by atoms with Crippen molar-refractivity contribution in [1.29, 1.82) is 0 Å². The lowest BCUT2D eigenvalue weighted by Gasteiger charge is -2.51. The van der Waals surface area contributed by atoms with Crippen LogP contribution in [0.5, 0.6) is 0 Å². The molecule has 6 heteroatoms. The highest BCUT2D eigenvalue weighted by molar-refractivity contribution is 7.26. The molecule has 4 nitrogen and oxygen atoms in total. The van der Waals surface area contributed by atoms with Gasteiger partial charge in [0.2, 0.25) is 0 Å². The molecule has 2 atom stereocenters. The fourth-order valence-corrected chi connectivity index (χ4v) is 19.9. The molecule has 10 aromatic rings. The molecular formula is C90H101BN4S. The first-order chi connectivity index (χ1) is 45.2. The maximum atomic E-state index is 2.84. The molecule has 0 N–H and O–H groups in total. The van der Waals surface area contributed by atoms with Gasteiger partial charge in [-0.25, -0.2) is 0 Å². The average Bonchev–Trinajstić information content (AvgIpc) is 1.01. The number of hydrogen-bond donors (Lipinski definition) is 0. The molecule has 2 unspecified atom stereocenters. The number of thiophene rings is 1. The second kappa shape index (κ2) is 21.0. The number of benzene rings is 9. The number of anilines is 11. The number of nitrogens with zero attached hydrogens (tertiary/aromatic N) is 4. The summed E-state index contributed by atoms with van der Waals surface area (Å²) in [6.07, 6.45) is 9.35. The summed E-state index contributed by atoms with van der Waals surface area (Å²) < 4.78 is 2.61. The molecule has 3 aliphatic carbocycles. The lowest BCUT2D eigenvalue weighted by molar-refractivity contribution is 0.195. The Kier molecular flexibility index (Phi) is 13.8. The van der Waals surface area contributed by atoms with Crippen molar-refractivity contribution in [2.45, 2.75) is 232 Å². The second-order valence-electron chi connectivity index (χ2n) is 36.3. The Morgan fingerprint density at radius 1 is 0.375 bits per heavy atom. The van der Waals surface area contributed by atoms with Crippen LogP contribution in [-0.4, -0.2) is 12.3 Å². The van der Waals surface area contributed by atoms with Crippen LogP contribution in [0.2, 0.25) is 0 Å². The Labute approximate surface area is 579 Å². The normalized spacial score (nSPS) is 21.1. The van der Waals surface area contributed by atoms with Gasteiger partial charge in [-0.2, -0.15) is 0 Å². The summed E-state index contributed by atoms with van der Waals surface area (Å²) in [6, 6.07) is 69.1. The molecule has 0 bridgehead atoms. The van der Waals surface area contributed by atoms with Crippen LogP contribution in [-0.2, 0) is 43.3 Å². The first kappa shape index (κ1) is 63.2. The van der Waals surface area contributed by atoms with E-state index in [1.165, 1.54) is 152 Å². The Morgan fingerprint density at radius 2 is 0.906 bits per heavy atom. The molecule has 0 spiro atoms. The first-order valence-electron chi connectivity index (χ1n) is 36.3. The van der Waals surface area contributed by atoms with E-state index in [2.05, 4.69) is 321 Å². The molecule has 96 heavy (non-hydrogen) atoms. The van der Waals surface area contributed by atoms with E-state index < -0.39 is 0 Å². The highest BCUT2D eigenvalue weighted by Crippen LogP contribution is 2.63. The van der Waals surface area contributed by atoms with E-state index in [0.29, 0.717) is 0 Å². The molecule has 0 radical (unpaired) electrons. The van der Waals surface area contributed by atoms with Crippen LogP contribution in [0.4, 0.5) is 62.6 Å². The quantitative estimate of drug-likeness (QED) is 0.154. The van der Waals surface area contributed by atoms with Crippen LogP contribution >= 0.6 is 11.3 Å². The van der Waals surface area contributed by atoms with Crippen molar-refractivity contribution < 1.29 is 0 Å². The maximum absolute atomic E-state index is 2.84. The zero-order valence-electron chi connectivity index (χ0n) is 61.1. The van der Waals surface area contributed by atoms with Gasteiger partial charge in [0.25, 0.3) is 6.71 Å². The van der Waals surface area contributed by atoms with Crippen LogP contribution < -0.4 is 36.0 Å². The molecule has 490 valence electrons. The van der Waals surface area contributed by atoms with Crippen LogP contribution in [0.1, 0.15) is 227 Å². The monoisotopic (exact) mass is 1280 g/mol. The second-order valence-corrected chi connectivity index (χ2v) is 37.3. The van der Waals surface area contributed by atoms with E-state index in [1.54, 1.807) is 0 Å². The molecule has 3 aliphatic heterocycles. The summed E-state index contributed by atoms with van der Waals surface area (Å²) >= 11 is 1.94. The molecule has 1 saturated carbocycles.